The predicted octanol–water partition coefficient (Wildman–Crippen LogP) is 4.15. The van der Waals surface area contributed by atoms with Crippen LogP contribution in [0.4, 0.5) is 8.78 Å². The van der Waals surface area contributed by atoms with E-state index in [-0.39, 0.29) is 24.0 Å². The summed E-state index contributed by atoms with van der Waals surface area (Å²) in [6.07, 6.45) is 2.00. The number of methoxy groups -OCH3 is 1. The molecule has 1 fully saturated rings. The molecule has 4 rings (SSSR count). The number of amides is 1. The average Bonchev–Trinajstić information content (AvgIpc) is 3.31. The van der Waals surface area contributed by atoms with Crippen LogP contribution >= 0.6 is 0 Å². The Balaban J connectivity index is 1.48. The summed E-state index contributed by atoms with van der Waals surface area (Å²) in [5, 5.41) is 4.22. The van der Waals surface area contributed by atoms with Crippen molar-refractivity contribution in [2.45, 2.75) is 31.1 Å². The molecule has 0 radical (unpaired) electrons. The zero-order chi connectivity index (χ0) is 22.6. The van der Waals surface area contributed by atoms with Crippen LogP contribution in [0.1, 0.15) is 30.7 Å². The van der Waals surface area contributed by atoms with E-state index in [2.05, 4.69) is 10.1 Å². The predicted molar refractivity (Wildman–Crippen MR) is 114 cm³/mol. The zero-order valence-electron chi connectivity index (χ0n) is 17.9. The summed E-state index contributed by atoms with van der Waals surface area (Å²) in [6, 6.07) is 12.2. The second-order valence-electron chi connectivity index (χ2n) is 8.10. The summed E-state index contributed by atoms with van der Waals surface area (Å²) < 4.78 is 37.9. The molecule has 2 aromatic carbocycles. The van der Waals surface area contributed by atoms with E-state index in [1.54, 1.807) is 42.3 Å². The number of rotatable bonds is 7. The van der Waals surface area contributed by atoms with Crippen molar-refractivity contribution in [2.24, 2.45) is 0 Å². The molecule has 0 saturated carbocycles. The van der Waals surface area contributed by atoms with Gasteiger partial charge in [0.15, 0.2) is 5.82 Å². The summed E-state index contributed by atoms with van der Waals surface area (Å²) in [4.78, 5) is 19.1. The smallest absolute Gasteiger partial charge is 0.257 e. The lowest BCUT2D eigenvalue weighted by molar-refractivity contribution is -0.132. The summed E-state index contributed by atoms with van der Waals surface area (Å²) in [6.45, 7) is 1.54. The number of hydrogen-bond donors (Lipinski definition) is 0. The molecular weight excluding hydrogens is 416 g/mol. The maximum Gasteiger partial charge on any atom is 0.257 e. The summed E-state index contributed by atoms with van der Waals surface area (Å²) >= 11 is 0. The van der Waals surface area contributed by atoms with E-state index in [4.69, 9.17) is 9.26 Å². The van der Waals surface area contributed by atoms with Gasteiger partial charge in [-0.3, -0.25) is 4.79 Å². The number of benzene rings is 2. The Hall–Kier alpha value is -3.13. The van der Waals surface area contributed by atoms with Crippen LogP contribution in [0.3, 0.4) is 0 Å². The van der Waals surface area contributed by atoms with Crippen molar-refractivity contribution in [3.8, 4) is 11.5 Å². The van der Waals surface area contributed by atoms with Gasteiger partial charge in [-0.05, 0) is 55.2 Å². The third kappa shape index (κ3) is 4.70. The standard InChI is InChI=1S/C24H25F2N3O3/c1-31-15-12-24(23-27-22(32-28-23)17-6-8-19(25)9-7-17)10-13-29(14-11-24)21(30)16-18-4-2-3-5-20(18)26/h2-9H,10-16H2,1H3. The van der Waals surface area contributed by atoms with Gasteiger partial charge in [0.2, 0.25) is 5.91 Å². The summed E-state index contributed by atoms with van der Waals surface area (Å²) in [7, 11) is 1.64. The molecule has 32 heavy (non-hydrogen) atoms. The lowest BCUT2D eigenvalue weighted by Crippen LogP contribution is -2.46. The van der Waals surface area contributed by atoms with Gasteiger partial charge in [0, 0.05) is 37.8 Å². The molecule has 1 saturated heterocycles. The Morgan fingerprint density at radius 2 is 1.84 bits per heavy atom. The molecule has 3 aromatic rings. The minimum atomic E-state index is -0.396. The lowest BCUT2D eigenvalue weighted by Gasteiger charge is -2.39. The molecule has 1 aliphatic rings. The fourth-order valence-corrected chi connectivity index (χ4v) is 4.13. The highest BCUT2D eigenvalue weighted by Crippen LogP contribution is 2.38. The first-order valence-corrected chi connectivity index (χ1v) is 10.6. The van der Waals surface area contributed by atoms with Crippen LogP contribution < -0.4 is 0 Å². The topological polar surface area (TPSA) is 68.5 Å². The Kier molecular flexibility index (Phi) is 6.60. The molecule has 8 heteroatoms. The number of carbonyl (C=O) groups is 1. The zero-order valence-corrected chi connectivity index (χ0v) is 17.9. The highest BCUT2D eigenvalue weighted by Gasteiger charge is 2.41. The highest BCUT2D eigenvalue weighted by atomic mass is 19.1. The van der Waals surface area contributed by atoms with E-state index in [9.17, 15) is 13.6 Å². The van der Waals surface area contributed by atoms with Crippen LogP contribution in [0.25, 0.3) is 11.5 Å². The number of hydrogen-bond acceptors (Lipinski definition) is 5. The van der Waals surface area contributed by atoms with E-state index in [0.717, 1.165) is 0 Å². The van der Waals surface area contributed by atoms with Crippen molar-refractivity contribution < 1.29 is 22.8 Å². The number of ether oxygens (including phenoxy) is 1. The van der Waals surface area contributed by atoms with Crippen LogP contribution in [0.2, 0.25) is 0 Å². The molecule has 0 spiro atoms. The van der Waals surface area contributed by atoms with Crippen molar-refractivity contribution in [3.05, 3.63) is 71.6 Å². The number of likely N-dealkylation sites (tertiary alicyclic amines) is 1. The summed E-state index contributed by atoms with van der Waals surface area (Å²) in [5.41, 5.74) is 0.646. The molecular formula is C24H25F2N3O3. The number of carbonyl (C=O) groups excluding carboxylic acids is 1. The number of piperidine rings is 1. The van der Waals surface area contributed by atoms with Gasteiger partial charge < -0.3 is 14.2 Å². The molecule has 1 aromatic heterocycles. The number of nitrogens with zero attached hydrogens (tertiary/aromatic N) is 3. The van der Waals surface area contributed by atoms with Crippen LogP contribution in [0.5, 0.6) is 0 Å². The van der Waals surface area contributed by atoms with Crippen molar-refractivity contribution in [3.63, 3.8) is 0 Å². The molecule has 0 bridgehead atoms. The third-order valence-corrected chi connectivity index (χ3v) is 6.15. The highest BCUT2D eigenvalue weighted by molar-refractivity contribution is 5.79. The number of halogens is 2. The fourth-order valence-electron chi connectivity index (χ4n) is 4.13. The van der Waals surface area contributed by atoms with Crippen molar-refractivity contribution in [1.29, 1.82) is 0 Å². The molecule has 1 amide bonds. The van der Waals surface area contributed by atoms with Gasteiger partial charge in [-0.1, -0.05) is 23.4 Å². The van der Waals surface area contributed by atoms with Gasteiger partial charge >= 0.3 is 0 Å². The second kappa shape index (κ2) is 9.56. The van der Waals surface area contributed by atoms with Crippen molar-refractivity contribution in [1.82, 2.24) is 15.0 Å². The maximum absolute atomic E-state index is 13.9. The van der Waals surface area contributed by atoms with Gasteiger partial charge in [0.1, 0.15) is 11.6 Å². The molecule has 168 valence electrons. The van der Waals surface area contributed by atoms with Crippen molar-refractivity contribution in [2.75, 3.05) is 26.8 Å². The molecule has 0 atom stereocenters. The van der Waals surface area contributed by atoms with Crippen LogP contribution in [0.15, 0.2) is 53.1 Å². The van der Waals surface area contributed by atoms with Gasteiger partial charge in [-0.25, -0.2) is 8.78 Å². The van der Waals surface area contributed by atoms with Crippen LogP contribution in [0, 0.1) is 11.6 Å². The lowest BCUT2D eigenvalue weighted by atomic mass is 9.75. The first-order valence-electron chi connectivity index (χ1n) is 10.6. The van der Waals surface area contributed by atoms with E-state index in [1.165, 1.54) is 18.2 Å². The number of aromatic nitrogens is 2. The molecule has 2 heterocycles. The van der Waals surface area contributed by atoms with E-state index < -0.39 is 5.41 Å². The van der Waals surface area contributed by atoms with Crippen LogP contribution in [-0.4, -0.2) is 47.8 Å². The molecule has 0 aliphatic carbocycles. The van der Waals surface area contributed by atoms with Gasteiger partial charge in [-0.15, -0.1) is 0 Å². The minimum absolute atomic E-state index is 0.0364. The molecule has 1 aliphatic heterocycles. The minimum Gasteiger partial charge on any atom is -0.385 e. The first kappa shape index (κ1) is 22.1. The molecule has 0 N–H and O–H groups in total. The SMILES string of the molecule is COCCC1(c2noc(-c3ccc(F)cc3)n2)CCN(C(=O)Cc2ccccc2F)CC1. The van der Waals surface area contributed by atoms with Gasteiger partial charge in [0.25, 0.3) is 5.89 Å². The fraction of sp³-hybridized carbons (Fsp3) is 0.375. The normalized spacial score (nSPS) is 15.7. The third-order valence-electron chi connectivity index (χ3n) is 6.15. The monoisotopic (exact) mass is 441 g/mol. The second-order valence-corrected chi connectivity index (χ2v) is 8.10. The Labute approximate surface area is 185 Å². The maximum atomic E-state index is 13.9. The Bertz CT molecular complexity index is 1060. The van der Waals surface area contributed by atoms with E-state index >= 15 is 0 Å². The van der Waals surface area contributed by atoms with Crippen LogP contribution in [-0.2, 0) is 21.4 Å². The first-order chi connectivity index (χ1) is 15.5. The van der Waals surface area contributed by atoms with E-state index in [1.807, 2.05) is 0 Å². The Morgan fingerprint density at radius 1 is 1.12 bits per heavy atom. The summed E-state index contributed by atoms with van der Waals surface area (Å²) in [5.74, 6) is 0.0883. The van der Waals surface area contributed by atoms with Crippen molar-refractivity contribution >= 4 is 5.91 Å². The average molecular weight is 441 g/mol. The largest absolute Gasteiger partial charge is 0.385 e. The van der Waals surface area contributed by atoms with E-state index in [0.29, 0.717) is 61.8 Å². The van der Waals surface area contributed by atoms with Gasteiger partial charge in [-0.2, -0.15) is 4.98 Å². The quantitative estimate of drug-likeness (QED) is 0.551. The molecule has 0 unspecified atom stereocenters. The Morgan fingerprint density at radius 3 is 2.53 bits per heavy atom. The molecule has 6 nitrogen and oxygen atoms in total. The van der Waals surface area contributed by atoms with Gasteiger partial charge in [0.05, 0.1) is 6.42 Å².